The van der Waals surface area contributed by atoms with E-state index in [1.54, 1.807) is 30.6 Å². The van der Waals surface area contributed by atoms with Crippen molar-refractivity contribution < 1.29 is 13.9 Å². The van der Waals surface area contributed by atoms with E-state index < -0.39 is 0 Å². The second-order valence-corrected chi connectivity index (χ2v) is 7.67. The van der Waals surface area contributed by atoms with E-state index in [1.165, 1.54) is 26.8 Å². The summed E-state index contributed by atoms with van der Waals surface area (Å²) in [4.78, 5) is 24.7. The molecule has 152 valence electrons. The van der Waals surface area contributed by atoms with Crippen molar-refractivity contribution in [1.82, 2.24) is 24.5 Å². The zero-order chi connectivity index (χ0) is 20.2. The van der Waals surface area contributed by atoms with Gasteiger partial charge in [-0.1, -0.05) is 30.0 Å². The lowest BCUT2D eigenvalue weighted by atomic mass is 10.2. The van der Waals surface area contributed by atoms with Crippen molar-refractivity contribution in [2.24, 2.45) is 0 Å². The molecule has 10 heteroatoms. The van der Waals surface area contributed by atoms with Gasteiger partial charge in [-0.2, -0.15) is 0 Å². The van der Waals surface area contributed by atoms with Crippen LogP contribution in [0.15, 0.2) is 46.6 Å². The van der Waals surface area contributed by atoms with Gasteiger partial charge in [0.1, 0.15) is 5.82 Å². The first kappa shape index (κ1) is 19.6. The van der Waals surface area contributed by atoms with Gasteiger partial charge in [-0.15, -0.1) is 10.2 Å². The Morgan fingerprint density at radius 2 is 2.17 bits per heavy atom. The molecular formula is C19H20FN5O3S. The summed E-state index contributed by atoms with van der Waals surface area (Å²) >= 11 is 1.20. The van der Waals surface area contributed by atoms with Crippen molar-refractivity contribution in [3.8, 4) is 0 Å². The van der Waals surface area contributed by atoms with Gasteiger partial charge in [0.15, 0.2) is 5.16 Å². The summed E-state index contributed by atoms with van der Waals surface area (Å²) in [5.41, 5.74) is 0.167. The molecule has 0 saturated carbocycles. The Morgan fingerprint density at radius 1 is 1.31 bits per heavy atom. The van der Waals surface area contributed by atoms with E-state index in [-0.39, 0.29) is 41.3 Å². The lowest BCUT2D eigenvalue weighted by Gasteiger charge is -2.10. The Morgan fingerprint density at radius 3 is 2.97 bits per heavy atom. The second kappa shape index (κ2) is 8.75. The third-order valence-corrected chi connectivity index (χ3v) is 5.64. The van der Waals surface area contributed by atoms with Gasteiger partial charge >= 0.3 is 0 Å². The van der Waals surface area contributed by atoms with Gasteiger partial charge in [-0.25, -0.2) is 4.39 Å². The number of rotatable bonds is 7. The molecule has 3 heterocycles. The molecule has 2 aromatic heterocycles. The molecule has 1 aromatic carbocycles. The number of halogens is 1. The van der Waals surface area contributed by atoms with Gasteiger partial charge in [-0.05, 0) is 18.9 Å². The molecule has 1 aliphatic heterocycles. The lowest BCUT2D eigenvalue weighted by Crippen LogP contribution is -2.32. The quantitative estimate of drug-likeness (QED) is 0.586. The molecule has 1 amide bonds. The third kappa shape index (κ3) is 4.48. The number of thioether (sulfide) groups is 1. The molecule has 8 nitrogen and oxygen atoms in total. The molecule has 1 N–H and O–H groups in total. The standard InChI is InChI=1S/C19H20FN5O3S/c20-15-6-2-1-4-13(15)11-24-7-8-25-17(18(24)27)22-23-19(25)29-12-16(26)21-10-14-5-3-9-28-14/h1-2,4,6-8,14H,3,5,9-12H2,(H,21,26). The van der Waals surface area contributed by atoms with Crippen LogP contribution in [-0.4, -0.2) is 50.1 Å². The van der Waals surface area contributed by atoms with Crippen LogP contribution in [0.4, 0.5) is 4.39 Å². The fourth-order valence-corrected chi connectivity index (χ4v) is 3.89. The first-order valence-electron chi connectivity index (χ1n) is 9.30. The number of benzene rings is 1. The summed E-state index contributed by atoms with van der Waals surface area (Å²) in [7, 11) is 0. The molecule has 4 rings (SSSR count). The predicted molar refractivity (Wildman–Crippen MR) is 105 cm³/mol. The van der Waals surface area contributed by atoms with Gasteiger partial charge in [0.25, 0.3) is 5.56 Å². The topological polar surface area (TPSA) is 90.5 Å². The van der Waals surface area contributed by atoms with E-state index in [0.29, 0.717) is 17.3 Å². The van der Waals surface area contributed by atoms with E-state index in [1.807, 2.05) is 0 Å². The summed E-state index contributed by atoms with van der Waals surface area (Å²) < 4.78 is 22.3. The molecule has 1 fully saturated rings. The minimum Gasteiger partial charge on any atom is -0.376 e. The van der Waals surface area contributed by atoms with Crippen molar-refractivity contribution in [2.75, 3.05) is 18.9 Å². The summed E-state index contributed by atoms with van der Waals surface area (Å²) in [6.45, 7) is 1.35. The smallest absolute Gasteiger partial charge is 0.296 e. The monoisotopic (exact) mass is 417 g/mol. The van der Waals surface area contributed by atoms with Crippen LogP contribution in [0.25, 0.3) is 5.65 Å². The normalized spacial score (nSPS) is 16.4. The molecular weight excluding hydrogens is 397 g/mol. The Balaban J connectivity index is 1.42. The van der Waals surface area contributed by atoms with Crippen molar-refractivity contribution in [3.05, 3.63) is 58.4 Å². The second-order valence-electron chi connectivity index (χ2n) is 6.73. The van der Waals surface area contributed by atoms with Crippen LogP contribution >= 0.6 is 11.8 Å². The number of nitrogens with one attached hydrogen (secondary N) is 1. The first-order valence-corrected chi connectivity index (χ1v) is 10.3. The van der Waals surface area contributed by atoms with Gasteiger partial charge in [0, 0.05) is 31.1 Å². The van der Waals surface area contributed by atoms with Crippen LogP contribution in [0.2, 0.25) is 0 Å². The predicted octanol–water partition coefficient (Wildman–Crippen LogP) is 1.47. The number of hydrogen-bond acceptors (Lipinski definition) is 6. The number of amides is 1. The highest BCUT2D eigenvalue weighted by atomic mass is 32.2. The highest BCUT2D eigenvalue weighted by Crippen LogP contribution is 2.16. The number of nitrogens with zero attached hydrogens (tertiary/aromatic N) is 4. The number of aromatic nitrogens is 4. The van der Waals surface area contributed by atoms with Crippen molar-refractivity contribution in [3.63, 3.8) is 0 Å². The molecule has 1 atom stereocenters. The molecule has 0 bridgehead atoms. The van der Waals surface area contributed by atoms with Crippen LogP contribution < -0.4 is 10.9 Å². The van der Waals surface area contributed by atoms with Crippen molar-refractivity contribution >= 4 is 23.3 Å². The Kier molecular flexibility index (Phi) is 5.91. The van der Waals surface area contributed by atoms with Crippen LogP contribution in [0.5, 0.6) is 0 Å². The van der Waals surface area contributed by atoms with Crippen LogP contribution in [0, 0.1) is 5.82 Å². The SMILES string of the molecule is O=C(CSc1nnc2c(=O)n(Cc3ccccc3F)ccn12)NCC1CCCO1. The molecule has 1 aliphatic rings. The largest absolute Gasteiger partial charge is 0.376 e. The first-order chi connectivity index (χ1) is 14.1. The van der Waals surface area contributed by atoms with Crippen LogP contribution in [0.3, 0.4) is 0 Å². The minimum absolute atomic E-state index is 0.0887. The molecule has 0 aliphatic carbocycles. The highest BCUT2D eigenvalue weighted by Gasteiger charge is 2.17. The zero-order valence-electron chi connectivity index (χ0n) is 15.6. The van der Waals surface area contributed by atoms with Gasteiger partial charge in [0.05, 0.1) is 18.4 Å². The maximum absolute atomic E-state index is 13.9. The number of ether oxygens (including phenoxy) is 1. The highest BCUT2D eigenvalue weighted by molar-refractivity contribution is 7.99. The van der Waals surface area contributed by atoms with E-state index in [9.17, 15) is 14.0 Å². The summed E-state index contributed by atoms with van der Waals surface area (Å²) in [5.74, 6) is -0.340. The van der Waals surface area contributed by atoms with Crippen LogP contribution in [0.1, 0.15) is 18.4 Å². The fraction of sp³-hybridized carbons (Fsp3) is 0.368. The summed E-state index contributed by atoms with van der Waals surface area (Å²) in [5, 5.41) is 11.2. The molecule has 0 spiro atoms. The zero-order valence-corrected chi connectivity index (χ0v) is 16.4. The van der Waals surface area contributed by atoms with Crippen molar-refractivity contribution in [1.29, 1.82) is 0 Å². The van der Waals surface area contributed by atoms with E-state index in [2.05, 4.69) is 15.5 Å². The Hall–Kier alpha value is -2.72. The van der Waals surface area contributed by atoms with Gasteiger partial charge in [-0.3, -0.25) is 14.0 Å². The summed E-state index contributed by atoms with van der Waals surface area (Å²) in [6, 6.07) is 6.31. The van der Waals surface area contributed by atoms with Gasteiger partial charge < -0.3 is 14.6 Å². The fourth-order valence-electron chi connectivity index (χ4n) is 3.15. The third-order valence-electron chi connectivity index (χ3n) is 4.69. The molecule has 29 heavy (non-hydrogen) atoms. The summed E-state index contributed by atoms with van der Waals surface area (Å²) in [6.07, 6.45) is 5.28. The number of fused-ring (bicyclic) bond motifs is 1. The molecule has 1 saturated heterocycles. The Bertz CT molecular complexity index is 1080. The maximum atomic E-state index is 13.9. The lowest BCUT2D eigenvalue weighted by molar-refractivity contribution is -0.119. The number of hydrogen-bond donors (Lipinski definition) is 1. The molecule has 0 radical (unpaired) electrons. The van der Waals surface area contributed by atoms with E-state index >= 15 is 0 Å². The minimum atomic E-state index is -0.377. The van der Waals surface area contributed by atoms with E-state index in [0.717, 1.165) is 19.4 Å². The molecule has 1 unspecified atom stereocenters. The van der Waals surface area contributed by atoms with Crippen molar-refractivity contribution in [2.45, 2.75) is 30.6 Å². The number of carbonyl (C=O) groups is 1. The number of carbonyl (C=O) groups excluding carboxylic acids is 1. The molecule has 3 aromatic rings. The Labute approximate surface area is 170 Å². The van der Waals surface area contributed by atoms with E-state index in [4.69, 9.17) is 4.74 Å². The average molecular weight is 417 g/mol. The van der Waals surface area contributed by atoms with Crippen LogP contribution in [-0.2, 0) is 16.1 Å². The van der Waals surface area contributed by atoms with Gasteiger partial charge in [0.2, 0.25) is 11.6 Å². The maximum Gasteiger partial charge on any atom is 0.296 e. The average Bonchev–Trinajstić information content (AvgIpc) is 3.38.